The highest BCUT2D eigenvalue weighted by atomic mass is 35.5. The van der Waals surface area contributed by atoms with Crippen LogP contribution in [0.2, 0.25) is 0 Å². The van der Waals surface area contributed by atoms with Gasteiger partial charge in [0.05, 0.1) is 12.3 Å². The molecule has 0 aromatic heterocycles. The lowest BCUT2D eigenvalue weighted by Crippen LogP contribution is -2.44. The third kappa shape index (κ3) is 5.51. The normalized spacial score (nSPS) is 21.5. The fourth-order valence-electron chi connectivity index (χ4n) is 2.03. The van der Waals surface area contributed by atoms with Gasteiger partial charge in [0.15, 0.2) is 0 Å². The summed E-state index contributed by atoms with van der Waals surface area (Å²) in [5.41, 5.74) is 5.75. The molecular formula is C10H22ClN3O3S. The van der Waals surface area contributed by atoms with Crippen LogP contribution in [0.5, 0.6) is 0 Å². The molecule has 8 heteroatoms. The van der Waals surface area contributed by atoms with Gasteiger partial charge >= 0.3 is 0 Å². The lowest BCUT2D eigenvalue weighted by atomic mass is 10.1. The molecule has 0 aromatic rings. The van der Waals surface area contributed by atoms with Gasteiger partial charge in [0.2, 0.25) is 15.9 Å². The van der Waals surface area contributed by atoms with Crippen LogP contribution >= 0.6 is 12.4 Å². The summed E-state index contributed by atoms with van der Waals surface area (Å²) in [5.74, 6) is -0.0790. The molecule has 2 atom stereocenters. The Morgan fingerprint density at radius 3 is 2.67 bits per heavy atom. The van der Waals surface area contributed by atoms with E-state index in [-0.39, 0.29) is 24.4 Å². The zero-order valence-corrected chi connectivity index (χ0v) is 12.4. The van der Waals surface area contributed by atoms with Crippen molar-refractivity contribution in [2.75, 3.05) is 19.3 Å². The van der Waals surface area contributed by atoms with Crippen molar-refractivity contribution in [3.05, 3.63) is 0 Å². The Morgan fingerprint density at radius 1 is 1.56 bits per heavy atom. The maximum atomic E-state index is 11.9. The smallest absolute Gasteiger partial charge is 0.239 e. The van der Waals surface area contributed by atoms with E-state index in [4.69, 9.17) is 5.73 Å². The number of carbonyl (C=O) groups excluding carboxylic acids is 1. The highest BCUT2D eigenvalue weighted by molar-refractivity contribution is 7.88. The highest BCUT2D eigenvalue weighted by Gasteiger charge is 2.30. The summed E-state index contributed by atoms with van der Waals surface area (Å²) >= 11 is 0. The van der Waals surface area contributed by atoms with E-state index in [9.17, 15) is 13.2 Å². The Labute approximate surface area is 115 Å². The highest BCUT2D eigenvalue weighted by Crippen LogP contribution is 2.12. The quantitative estimate of drug-likeness (QED) is 0.728. The lowest BCUT2D eigenvalue weighted by Gasteiger charge is -2.20. The molecule has 18 heavy (non-hydrogen) atoms. The van der Waals surface area contributed by atoms with Gasteiger partial charge in [-0.15, -0.1) is 12.4 Å². The van der Waals surface area contributed by atoms with Crippen LogP contribution < -0.4 is 10.5 Å². The van der Waals surface area contributed by atoms with Gasteiger partial charge in [-0.05, 0) is 12.8 Å². The summed E-state index contributed by atoms with van der Waals surface area (Å²) in [7, 11) is -3.21. The lowest BCUT2D eigenvalue weighted by molar-refractivity contribution is -0.131. The Morgan fingerprint density at radius 2 is 2.17 bits per heavy atom. The fourth-order valence-corrected chi connectivity index (χ4v) is 2.83. The Kier molecular flexibility index (Phi) is 7.13. The van der Waals surface area contributed by atoms with Crippen LogP contribution in [-0.4, -0.2) is 50.7 Å². The summed E-state index contributed by atoms with van der Waals surface area (Å²) < 4.78 is 24.6. The van der Waals surface area contributed by atoms with Crippen molar-refractivity contribution in [1.29, 1.82) is 0 Å². The van der Waals surface area contributed by atoms with Crippen LogP contribution in [0.3, 0.4) is 0 Å². The number of rotatable bonds is 5. The van der Waals surface area contributed by atoms with Gasteiger partial charge in [0, 0.05) is 19.1 Å². The second-order valence-electron chi connectivity index (χ2n) is 4.56. The maximum Gasteiger partial charge on any atom is 0.239 e. The summed E-state index contributed by atoms with van der Waals surface area (Å²) in [6.07, 6.45) is 3.31. The zero-order chi connectivity index (χ0) is 13.1. The van der Waals surface area contributed by atoms with Crippen molar-refractivity contribution >= 4 is 28.3 Å². The van der Waals surface area contributed by atoms with Gasteiger partial charge in [0.1, 0.15) is 0 Å². The number of nitrogens with zero attached hydrogens (tertiary/aromatic N) is 1. The van der Waals surface area contributed by atoms with Crippen LogP contribution in [0.25, 0.3) is 0 Å². The second-order valence-corrected chi connectivity index (χ2v) is 6.34. The number of likely N-dealkylation sites (tertiary alicyclic amines) is 1. The molecule has 1 rings (SSSR count). The summed E-state index contributed by atoms with van der Waals surface area (Å²) in [6.45, 7) is 2.97. The first-order valence-electron chi connectivity index (χ1n) is 5.85. The molecule has 1 fully saturated rings. The van der Waals surface area contributed by atoms with Crippen molar-refractivity contribution in [2.24, 2.45) is 5.73 Å². The standard InChI is InChI=1S/C10H21N3O3S.ClH/c1-3-4-9(11)10(14)13-6-5-8(7-13)12-17(2,15)16;/h8-9,12H,3-7,11H2,1-2H3;1H. The van der Waals surface area contributed by atoms with Crippen LogP contribution in [-0.2, 0) is 14.8 Å². The minimum Gasteiger partial charge on any atom is -0.340 e. The molecule has 0 saturated carbocycles. The topological polar surface area (TPSA) is 92.5 Å². The zero-order valence-electron chi connectivity index (χ0n) is 10.8. The molecule has 3 N–H and O–H groups in total. The van der Waals surface area contributed by atoms with E-state index in [1.54, 1.807) is 4.90 Å². The number of nitrogens with two attached hydrogens (primary N) is 1. The predicted octanol–water partition coefficient (Wildman–Crippen LogP) is -0.314. The van der Waals surface area contributed by atoms with Crippen molar-refractivity contribution in [2.45, 2.75) is 38.3 Å². The van der Waals surface area contributed by atoms with Gasteiger partial charge in [-0.2, -0.15) is 0 Å². The second kappa shape index (κ2) is 7.28. The number of sulfonamides is 1. The van der Waals surface area contributed by atoms with Gasteiger partial charge in [-0.3, -0.25) is 4.79 Å². The van der Waals surface area contributed by atoms with Crippen molar-refractivity contribution in [3.8, 4) is 0 Å². The van der Waals surface area contributed by atoms with E-state index >= 15 is 0 Å². The Bertz CT molecular complexity index is 375. The first-order chi connectivity index (χ1) is 7.83. The molecule has 1 aliphatic heterocycles. The van der Waals surface area contributed by atoms with E-state index in [2.05, 4.69) is 4.72 Å². The molecule has 1 aliphatic rings. The van der Waals surface area contributed by atoms with E-state index < -0.39 is 16.1 Å². The average molecular weight is 300 g/mol. The van der Waals surface area contributed by atoms with Crippen molar-refractivity contribution < 1.29 is 13.2 Å². The first-order valence-corrected chi connectivity index (χ1v) is 7.74. The first kappa shape index (κ1) is 17.6. The Balaban J connectivity index is 0.00000289. The van der Waals surface area contributed by atoms with Crippen LogP contribution in [0.1, 0.15) is 26.2 Å². The van der Waals surface area contributed by atoms with Crippen LogP contribution in [0.15, 0.2) is 0 Å². The number of amides is 1. The minimum atomic E-state index is -3.21. The largest absolute Gasteiger partial charge is 0.340 e. The van der Waals surface area contributed by atoms with Crippen LogP contribution in [0, 0.1) is 0 Å². The molecule has 0 radical (unpaired) electrons. The van der Waals surface area contributed by atoms with E-state index in [0.717, 1.165) is 12.7 Å². The van der Waals surface area contributed by atoms with Gasteiger partial charge in [0.25, 0.3) is 0 Å². The molecule has 0 bridgehead atoms. The molecule has 0 aliphatic carbocycles. The molecule has 1 saturated heterocycles. The summed E-state index contributed by atoms with van der Waals surface area (Å²) in [5, 5.41) is 0. The van der Waals surface area contributed by atoms with Crippen LogP contribution in [0.4, 0.5) is 0 Å². The summed E-state index contributed by atoms with van der Waals surface area (Å²) in [4.78, 5) is 13.5. The molecule has 2 unspecified atom stereocenters. The number of hydrogen-bond donors (Lipinski definition) is 2. The van der Waals surface area contributed by atoms with Crippen molar-refractivity contribution in [1.82, 2.24) is 9.62 Å². The number of hydrogen-bond acceptors (Lipinski definition) is 4. The van der Waals surface area contributed by atoms with E-state index in [1.807, 2.05) is 6.92 Å². The molecule has 0 aromatic carbocycles. The van der Waals surface area contributed by atoms with E-state index in [1.165, 1.54) is 0 Å². The molecule has 108 valence electrons. The monoisotopic (exact) mass is 299 g/mol. The fraction of sp³-hybridized carbons (Fsp3) is 0.900. The molecular weight excluding hydrogens is 278 g/mol. The van der Waals surface area contributed by atoms with Crippen molar-refractivity contribution in [3.63, 3.8) is 0 Å². The van der Waals surface area contributed by atoms with Gasteiger partial charge < -0.3 is 10.6 Å². The number of carbonyl (C=O) groups is 1. The predicted molar refractivity (Wildman–Crippen MR) is 73.1 cm³/mol. The average Bonchev–Trinajstić information content (AvgIpc) is 2.62. The Hall–Kier alpha value is -0.370. The summed E-state index contributed by atoms with van der Waals surface area (Å²) in [6, 6.07) is -0.639. The third-order valence-corrected chi connectivity index (χ3v) is 3.56. The number of nitrogens with one attached hydrogen (secondary N) is 1. The third-order valence-electron chi connectivity index (χ3n) is 2.80. The van der Waals surface area contributed by atoms with E-state index in [0.29, 0.717) is 25.9 Å². The van der Waals surface area contributed by atoms with Gasteiger partial charge in [-0.1, -0.05) is 13.3 Å². The minimum absolute atomic E-state index is 0. The molecule has 0 spiro atoms. The molecule has 6 nitrogen and oxygen atoms in total. The van der Waals surface area contributed by atoms with Gasteiger partial charge in [-0.25, -0.2) is 13.1 Å². The SMILES string of the molecule is CCCC(N)C(=O)N1CCC(NS(C)(=O)=O)C1.Cl. The molecule has 1 amide bonds. The molecule has 1 heterocycles. The number of halogens is 1. The maximum absolute atomic E-state index is 11.9.